The van der Waals surface area contributed by atoms with Gasteiger partial charge in [-0.3, -0.25) is 9.78 Å². The van der Waals surface area contributed by atoms with Crippen molar-refractivity contribution in [3.05, 3.63) is 66.1 Å². The Labute approximate surface area is 177 Å². The van der Waals surface area contributed by atoms with Crippen molar-refractivity contribution >= 4 is 5.91 Å². The molecule has 0 spiro atoms. The van der Waals surface area contributed by atoms with E-state index in [0.29, 0.717) is 23.5 Å². The zero-order valence-corrected chi connectivity index (χ0v) is 16.8. The molecule has 0 bridgehead atoms. The van der Waals surface area contributed by atoms with E-state index < -0.39 is 18.2 Å². The molecule has 31 heavy (non-hydrogen) atoms. The summed E-state index contributed by atoms with van der Waals surface area (Å²) in [6.45, 7) is -2.74. The van der Waals surface area contributed by atoms with Crippen LogP contribution in [0.3, 0.4) is 0 Å². The van der Waals surface area contributed by atoms with Crippen LogP contribution in [0.2, 0.25) is 0 Å². The van der Waals surface area contributed by atoms with Crippen LogP contribution in [-0.2, 0) is 13.6 Å². The van der Waals surface area contributed by atoms with Crippen LogP contribution in [-0.4, -0.2) is 38.0 Å². The Morgan fingerprint density at radius 1 is 1.26 bits per heavy atom. The molecule has 0 saturated heterocycles. The third kappa shape index (κ3) is 4.70. The lowest BCUT2D eigenvalue weighted by Crippen LogP contribution is -2.43. The lowest BCUT2D eigenvalue weighted by atomic mass is 9.90. The molecular weight excluding hydrogens is 409 g/mol. The predicted octanol–water partition coefficient (Wildman–Crippen LogP) is 4.42. The first-order valence-corrected chi connectivity index (χ1v) is 9.89. The van der Waals surface area contributed by atoms with Gasteiger partial charge in [-0.1, -0.05) is 0 Å². The van der Waals surface area contributed by atoms with E-state index in [1.54, 1.807) is 35.4 Å². The second-order valence-electron chi connectivity index (χ2n) is 7.52. The van der Waals surface area contributed by atoms with Crippen LogP contribution >= 0.6 is 0 Å². The fourth-order valence-corrected chi connectivity index (χ4v) is 3.51. The molecule has 0 unspecified atom stereocenters. The minimum absolute atomic E-state index is 0.136. The number of imidazole rings is 1. The number of benzene rings is 1. The highest BCUT2D eigenvalue weighted by Gasteiger charge is 2.30. The number of amides is 1. The lowest BCUT2D eigenvalue weighted by Gasteiger charge is -2.37. The van der Waals surface area contributed by atoms with E-state index in [1.165, 1.54) is 6.07 Å². The molecule has 1 aliphatic rings. The number of rotatable bonds is 7. The number of aromatic nitrogens is 3. The number of nitrogens with zero attached hydrogens (tertiary/aromatic N) is 4. The van der Waals surface area contributed by atoms with Crippen LogP contribution < -0.4 is 4.74 Å². The van der Waals surface area contributed by atoms with Crippen LogP contribution in [0, 0.1) is 5.82 Å². The third-order valence-corrected chi connectivity index (χ3v) is 5.32. The topological polar surface area (TPSA) is 60.2 Å². The van der Waals surface area contributed by atoms with Gasteiger partial charge in [0, 0.05) is 37.6 Å². The Morgan fingerprint density at radius 3 is 2.68 bits per heavy atom. The molecule has 3 aromatic rings. The number of hydrogen-bond donors (Lipinski definition) is 0. The highest BCUT2D eigenvalue weighted by atomic mass is 19.3. The summed E-state index contributed by atoms with van der Waals surface area (Å²) < 4.78 is 44.7. The normalized spacial score (nSPS) is 13.8. The maximum atomic E-state index is 14.1. The summed E-state index contributed by atoms with van der Waals surface area (Å²) in [5.74, 6) is -1.55. The number of halogens is 3. The molecule has 1 amide bonds. The van der Waals surface area contributed by atoms with Crippen molar-refractivity contribution in [2.24, 2.45) is 7.05 Å². The number of alkyl halides is 2. The van der Waals surface area contributed by atoms with Gasteiger partial charge in [0.2, 0.25) is 0 Å². The maximum absolute atomic E-state index is 14.1. The van der Waals surface area contributed by atoms with Crippen molar-refractivity contribution in [2.45, 2.75) is 38.5 Å². The Hall–Kier alpha value is -3.36. The second-order valence-corrected chi connectivity index (χ2v) is 7.52. The Balaban J connectivity index is 1.57. The van der Waals surface area contributed by atoms with Gasteiger partial charge in [0.25, 0.3) is 5.91 Å². The molecule has 162 valence electrons. The van der Waals surface area contributed by atoms with Crippen molar-refractivity contribution in [1.29, 1.82) is 0 Å². The number of carbonyl (C=O) groups is 1. The summed E-state index contributed by atoms with van der Waals surface area (Å²) in [5, 5.41) is 0. The summed E-state index contributed by atoms with van der Waals surface area (Å²) in [6, 6.07) is 7.43. The van der Waals surface area contributed by atoms with Crippen molar-refractivity contribution in [2.75, 3.05) is 0 Å². The molecule has 2 heterocycles. The fourth-order valence-electron chi connectivity index (χ4n) is 3.51. The van der Waals surface area contributed by atoms with E-state index in [9.17, 15) is 18.0 Å². The molecule has 0 radical (unpaired) electrons. The number of ether oxygens (including phenoxy) is 1. The van der Waals surface area contributed by atoms with Crippen LogP contribution in [0.5, 0.6) is 5.75 Å². The molecule has 1 aliphatic carbocycles. The molecule has 0 aliphatic heterocycles. The molecule has 1 aromatic carbocycles. The highest BCUT2D eigenvalue weighted by molar-refractivity contribution is 5.92. The largest absolute Gasteiger partial charge is 0.432 e. The Kier molecular flexibility index (Phi) is 5.92. The van der Waals surface area contributed by atoms with Gasteiger partial charge < -0.3 is 14.2 Å². The highest BCUT2D eigenvalue weighted by Crippen LogP contribution is 2.29. The van der Waals surface area contributed by atoms with Crippen molar-refractivity contribution in [1.82, 2.24) is 19.4 Å². The van der Waals surface area contributed by atoms with Crippen LogP contribution in [0.1, 0.15) is 35.3 Å². The first-order chi connectivity index (χ1) is 14.9. The van der Waals surface area contributed by atoms with Gasteiger partial charge in [-0.25, -0.2) is 9.37 Å². The molecular formula is C22H21F3N4O2. The summed E-state index contributed by atoms with van der Waals surface area (Å²) >= 11 is 0. The Bertz CT molecular complexity index is 1080. The van der Waals surface area contributed by atoms with E-state index >= 15 is 0 Å². The van der Waals surface area contributed by atoms with Crippen LogP contribution in [0.4, 0.5) is 13.2 Å². The van der Waals surface area contributed by atoms with Gasteiger partial charge in [-0.15, -0.1) is 0 Å². The van der Waals surface area contributed by atoms with Crippen LogP contribution in [0.25, 0.3) is 11.3 Å². The minimum Gasteiger partial charge on any atom is -0.432 e. The van der Waals surface area contributed by atoms with Gasteiger partial charge >= 0.3 is 6.61 Å². The summed E-state index contributed by atoms with van der Waals surface area (Å²) in [4.78, 5) is 23.3. The van der Waals surface area contributed by atoms with Gasteiger partial charge in [0.15, 0.2) is 11.6 Å². The fraction of sp³-hybridized carbons (Fsp3) is 0.318. The van der Waals surface area contributed by atoms with Crippen molar-refractivity contribution in [3.63, 3.8) is 0 Å². The van der Waals surface area contributed by atoms with E-state index in [4.69, 9.17) is 0 Å². The van der Waals surface area contributed by atoms with E-state index in [0.717, 1.165) is 37.0 Å². The molecule has 0 N–H and O–H groups in total. The van der Waals surface area contributed by atoms with E-state index in [-0.39, 0.29) is 11.9 Å². The molecule has 0 atom stereocenters. The molecule has 9 heteroatoms. The van der Waals surface area contributed by atoms with E-state index in [1.807, 2.05) is 11.9 Å². The van der Waals surface area contributed by atoms with Gasteiger partial charge in [0.05, 0.1) is 12.0 Å². The average molecular weight is 430 g/mol. The summed E-state index contributed by atoms with van der Waals surface area (Å²) in [7, 11) is 1.81. The Morgan fingerprint density at radius 2 is 2.06 bits per heavy atom. The zero-order valence-electron chi connectivity index (χ0n) is 16.8. The van der Waals surface area contributed by atoms with Gasteiger partial charge in [0.1, 0.15) is 5.69 Å². The molecule has 4 rings (SSSR count). The van der Waals surface area contributed by atoms with E-state index in [2.05, 4.69) is 14.7 Å². The monoisotopic (exact) mass is 430 g/mol. The lowest BCUT2D eigenvalue weighted by molar-refractivity contribution is -0.0521. The van der Waals surface area contributed by atoms with Crippen LogP contribution in [0.15, 0.2) is 49.1 Å². The number of carbonyl (C=O) groups excluding carboxylic acids is 1. The molecule has 1 saturated carbocycles. The summed E-state index contributed by atoms with van der Waals surface area (Å²) in [5.41, 5.74) is 2.11. The number of pyridine rings is 1. The second kappa shape index (κ2) is 8.79. The molecule has 6 nitrogen and oxygen atoms in total. The quantitative estimate of drug-likeness (QED) is 0.557. The SMILES string of the molecule is Cn1cnc(C(=O)N(Cc2ccnc(-c3ccc(OC(F)F)c(F)c3)c2)C2CCC2)c1. The van der Waals surface area contributed by atoms with Gasteiger partial charge in [-0.2, -0.15) is 8.78 Å². The van der Waals surface area contributed by atoms with Crippen molar-refractivity contribution < 1.29 is 22.7 Å². The summed E-state index contributed by atoms with van der Waals surface area (Å²) in [6.07, 6.45) is 7.81. The first-order valence-electron chi connectivity index (χ1n) is 9.89. The smallest absolute Gasteiger partial charge is 0.387 e. The molecule has 2 aromatic heterocycles. The number of aryl methyl sites for hydroxylation is 1. The average Bonchev–Trinajstić information content (AvgIpc) is 3.13. The zero-order chi connectivity index (χ0) is 22.0. The molecule has 1 fully saturated rings. The third-order valence-electron chi connectivity index (χ3n) is 5.32. The minimum atomic E-state index is -3.10. The first kappa shape index (κ1) is 20.9. The standard InChI is InChI=1S/C22H21F3N4O2/c1-28-12-19(27-13-28)21(30)29(16-3-2-4-16)11-14-7-8-26-18(9-14)15-5-6-20(17(23)10-15)31-22(24)25/h5-10,12-13,16,22H,2-4,11H2,1H3. The number of hydrogen-bond acceptors (Lipinski definition) is 4. The van der Waals surface area contributed by atoms with Crippen molar-refractivity contribution in [3.8, 4) is 17.0 Å². The van der Waals surface area contributed by atoms with Gasteiger partial charge in [-0.05, 0) is 55.2 Å². The predicted molar refractivity (Wildman–Crippen MR) is 107 cm³/mol. The maximum Gasteiger partial charge on any atom is 0.387 e.